The highest BCUT2D eigenvalue weighted by atomic mass is 14.5. The van der Waals surface area contributed by atoms with Crippen LogP contribution in [-0.2, 0) is 10.8 Å². The lowest BCUT2D eigenvalue weighted by Gasteiger charge is -2.30. The van der Waals surface area contributed by atoms with Gasteiger partial charge in [-0.15, -0.1) is 0 Å². The molecule has 2 spiro atoms. The smallest absolute Gasteiger partial charge is 0.0622 e. The fraction of sp³-hybridized carbons (Fsp3) is 0.0263. The highest BCUT2D eigenvalue weighted by Gasteiger charge is 2.53. The molecule has 0 bridgehead atoms. The second-order valence-corrected chi connectivity index (χ2v) is 20.9. The van der Waals surface area contributed by atoms with Crippen LogP contribution in [0.2, 0.25) is 0 Å². The molecule has 16 rings (SSSR count). The van der Waals surface area contributed by atoms with E-state index in [-0.39, 0.29) is 10.8 Å². The topological polar surface area (TPSA) is 0 Å². The third-order valence-corrected chi connectivity index (χ3v) is 17.4. The van der Waals surface area contributed by atoms with Crippen molar-refractivity contribution in [2.75, 3.05) is 0 Å². The van der Waals surface area contributed by atoms with Gasteiger partial charge in [-0.2, -0.15) is 0 Å². The third kappa shape index (κ3) is 5.84. The van der Waals surface area contributed by atoms with Crippen molar-refractivity contribution in [1.29, 1.82) is 0 Å². The van der Waals surface area contributed by atoms with Crippen LogP contribution in [0.1, 0.15) is 66.8 Å². The first-order valence-electron chi connectivity index (χ1n) is 26.7. The fourth-order valence-corrected chi connectivity index (χ4v) is 14.3. The van der Waals surface area contributed by atoms with Gasteiger partial charge in [-0.1, -0.05) is 279 Å². The van der Waals surface area contributed by atoms with E-state index in [2.05, 4.69) is 291 Å². The summed E-state index contributed by atoms with van der Waals surface area (Å²) in [6.07, 6.45) is 0. The SMILES string of the molecule is c1ccc(/C(=C(/c2ccccc2)c2ccc(-c3ccc4c(c3)C3(c5ccccc5-c5ccccc53)c3ccccc3-4)cc2)c2ccc(-c3ccc4c(c3)C3(c5ccccc5-c5ccccc53)c3ccccc3-4)cc2)cc1. The molecule has 0 heterocycles. The van der Waals surface area contributed by atoms with Gasteiger partial charge in [0.2, 0.25) is 0 Å². The minimum Gasteiger partial charge on any atom is -0.0622 e. The highest BCUT2D eigenvalue weighted by Crippen LogP contribution is 2.65. The van der Waals surface area contributed by atoms with Gasteiger partial charge in [0.15, 0.2) is 0 Å². The van der Waals surface area contributed by atoms with Gasteiger partial charge in [0.05, 0.1) is 10.8 Å². The van der Waals surface area contributed by atoms with Gasteiger partial charge in [-0.05, 0) is 157 Å². The molecule has 0 N–H and O–H groups in total. The van der Waals surface area contributed by atoms with Crippen molar-refractivity contribution in [2.24, 2.45) is 0 Å². The molecule has 0 aromatic heterocycles. The zero-order valence-corrected chi connectivity index (χ0v) is 41.7. The molecule has 0 unspecified atom stereocenters. The average molecular weight is 961 g/mol. The Balaban J connectivity index is 0.821. The summed E-state index contributed by atoms with van der Waals surface area (Å²) in [5.74, 6) is 0. The van der Waals surface area contributed by atoms with Crippen LogP contribution in [0.5, 0.6) is 0 Å². The Bertz CT molecular complexity index is 3950. The van der Waals surface area contributed by atoms with Crippen molar-refractivity contribution in [3.8, 4) is 66.8 Å². The maximum absolute atomic E-state index is 2.49. The number of fused-ring (bicyclic) bond motifs is 20. The first-order valence-corrected chi connectivity index (χ1v) is 26.7. The van der Waals surface area contributed by atoms with Gasteiger partial charge >= 0.3 is 0 Å². The van der Waals surface area contributed by atoms with Gasteiger partial charge in [0.25, 0.3) is 0 Å². The molecule has 12 aromatic carbocycles. The Labute approximate surface area is 444 Å². The molecule has 0 nitrogen and oxygen atoms in total. The summed E-state index contributed by atoms with van der Waals surface area (Å²) in [7, 11) is 0. The van der Waals surface area contributed by atoms with Crippen LogP contribution in [0.25, 0.3) is 77.9 Å². The van der Waals surface area contributed by atoms with Crippen molar-refractivity contribution < 1.29 is 0 Å². The average Bonchev–Trinajstić information content (AvgIpc) is 4.37. The van der Waals surface area contributed by atoms with E-state index in [1.807, 2.05) is 0 Å². The molecule has 0 saturated carbocycles. The highest BCUT2D eigenvalue weighted by molar-refractivity contribution is 6.05. The molecule has 4 aliphatic carbocycles. The molecule has 0 heteroatoms. The standard InChI is InChI=1S/C76H48/c1-3-19-51(20-4-1)73(53-39-35-49(36-40-53)55-43-45-63-61-27-11-17-33-69(61)75(71(63)47-55)65-29-13-7-23-57(65)58-24-8-14-30-66(58)75)74(52-21-5-2-6-22-52)54-41-37-50(38-42-54)56-44-46-64-62-28-12-18-34-70(62)76(72(64)48-56)67-31-15-9-25-59(67)60-26-10-16-32-68(60)76/h1-48H/b74-73+. The molecule has 0 fully saturated rings. The van der Waals surface area contributed by atoms with Crippen LogP contribution in [0.15, 0.2) is 291 Å². The molecule has 352 valence electrons. The van der Waals surface area contributed by atoms with Crippen LogP contribution in [-0.4, -0.2) is 0 Å². The summed E-state index contributed by atoms with van der Waals surface area (Å²) >= 11 is 0. The monoisotopic (exact) mass is 960 g/mol. The van der Waals surface area contributed by atoms with Crippen molar-refractivity contribution in [2.45, 2.75) is 10.8 Å². The maximum Gasteiger partial charge on any atom is 0.0725 e. The van der Waals surface area contributed by atoms with E-state index in [4.69, 9.17) is 0 Å². The predicted octanol–water partition coefficient (Wildman–Crippen LogP) is 18.7. The van der Waals surface area contributed by atoms with Crippen molar-refractivity contribution in [3.63, 3.8) is 0 Å². The summed E-state index contributed by atoms with van der Waals surface area (Å²) in [6, 6.07) is 109. The minimum absolute atomic E-state index is 0.387. The van der Waals surface area contributed by atoms with Crippen molar-refractivity contribution in [3.05, 3.63) is 358 Å². The normalized spacial score (nSPS) is 14.2. The van der Waals surface area contributed by atoms with E-state index in [1.165, 1.54) is 145 Å². The molecule has 76 heavy (non-hydrogen) atoms. The third-order valence-electron chi connectivity index (χ3n) is 17.4. The molecular weight excluding hydrogens is 913 g/mol. The number of rotatable bonds is 6. The van der Waals surface area contributed by atoms with E-state index in [1.54, 1.807) is 0 Å². The predicted molar refractivity (Wildman–Crippen MR) is 314 cm³/mol. The summed E-state index contributed by atoms with van der Waals surface area (Å²) in [4.78, 5) is 0. The van der Waals surface area contributed by atoms with Crippen LogP contribution >= 0.6 is 0 Å². The van der Waals surface area contributed by atoms with E-state index in [0.717, 1.165) is 0 Å². The summed E-state index contributed by atoms with van der Waals surface area (Å²) < 4.78 is 0. The van der Waals surface area contributed by atoms with E-state index in [9.17, 15) is 0 Å². The lowest BCUT2D eigenvalue weighted by molar-refractivity contribution is 0.794. The lowest BCUT2D eigenvalue weighted by atomic mass is 9.70. The second kappa shape index (κ2) is 16.4. The van der Waals surface area contributed by atoms with Crippen LogP contribution < -0.4 is 0 Å². The van der Waals surface area contributed by atoms with Gasteiger partial charge in [0, 0.05) is 0 Å². The van der Waals surface area contributed by atoms with Gasteiger partial charge < -0.3 is 0 Å². The summed E-state index contributed by atoms with van der Waals surface area (Å²) in [5.41, 5.74) is 32.6. The Morgan fingerprint density at radius 1 is 0.171 bits per heavy atom. The molecular formula is C76H48. The Morgan fingerprint density at radius 3 is 0.684 bits per heavy atom. The van der Waals surface area contributed by atoms with Crippen LogP contribution in [0.3, 0.4) is 0 Å². The van der Waals surface area contributed by atoms with Crippen molar-refractivity contribution >= 4 is 11.1 Å². The number of benzene rings is 12. The largest absolute Gasteiger partial charge is 0.0725 e. The van der Waals surface area contributed by atoms with E-state index in [0.29, 0.717) is 0 Å². The lowest BCUT2D eigenvalue weighted by Crippen LogP contribution is -2.25. The van der Waals surface area contributed by atoms with E-state index >= 15 is 0 Å². The van der Waals surface area contributed by atoms with Gasteiger partial charge in [-0.3, -0.25) is 0 Å². The number of hydrogen-bond donors (Lipinski definition) is 0. The quantitative estimate of drug-likeness (QED) is 0.146. The zero-order chi connectivity index (χ0) is 50.0. The van der Waals surface area contributed by atoms with Gasteiger partial charge in [-0.25, -0.2) is 0 Å². The van der Waals surface area contributed by atoms with Gasteiger partial charge in [0.1, 0.15) is 0 Å². The molecule has 0 amide bonds. The Kier molecular flexibility index (Phi) is 9.27. The molecule has 12 aromatic rings. The molecule has 0 saturated heterocycles. The second-order valence-electron chi connectivity index (χ2n) is 20.9. The van der Waals surface area contributed by atoms with Crippen LogP contribution in [0.4, 0.5) is 0 Å². The molecule has 4 aliphatic rings. The fourth-order valence-electron chi connectivity index (χ4n) is 14.3. The van der Waals surface area contributed by atoms with E-state index < -0.39 is 0 Å². The number of hydrogen-bond acceptors (Lipinski definition) is 0. The summed E-state index contributed by atoms with van der Waals surface area (Å²) in [5, 5.41) is 0. The Morgan fingerprint density at radius 2 is 0.395 bits per heavy atom. The van der Waals surface area contributed by atoms with Crippen molar-refractivity contribution in [1.82, 2.24) is 0 Å². The zero-order valence-electron chi connectivity index (χ0n) is 41.7. The maximum atomic E-state index is 2.49. The minimum atomic E-state index is -0.387. The molecule has 0 radical (unpaired) electrons. The molecule has 0 atom stereocenters. The molecule has 0 aliphatic heterocycles. The van der Waals surface area contributed by atoms with Crippen LogP contribution in [0, 0.1) is 0 Å². The Hall–Kier alpha value is -9.62. The summed E-state index contributed by atoms with van der Waals surface area (Å²) in [6.45, 7) is 0. The first-order chi connectivity index (χ1) is 37.7. The first kappa shape index (κ1) is 42.8.